The lowest BCUT2D eigenvalue weighted by Crippen LogP contribution is -2.42. The maximum Gasteiger partial charge on any atom is 0.303 e. The first-order chi connectivity index (χ1) is 18.9. The number of carbonyl (C=O) groups is 1. The number of aliphatic hydroxyl groups excluding tert-OH is 1. The summed E-state index contributed by atoms with van der Waals surface area (Å²) in [6.07, 6.45) is 22.6. The van der Waals surface area contributed by atoms with E-state index in [4.69, 9.17) is 14.6 Å². The van der Waals surface area contributed by atoms with Crippen molar-refractivity contribution in [3.8, 4) is 11.5 Å². The molecule has 4 rings (SSSR count). The van der Waals surface area contributed by atoms with Gasteiger partial charge in [-0.3, -0.25) is 4.79 Å². The highest BCUT2D eigenvalue weighted by molar-refractivity contribution is 8.93. The van der Waals surface area contributed by atoms with Crippen molar-refractivity contribution in [2.24, 2.45) is 0 Å². The number of aliphatic hydroxyl groups is 1. The first-order valence-electron chi connectivity index (χ1n) is 15.6. The van der Waals surface area contributed by atoms with E-state index in [9.17, 15) is 9.90 Å². The molecule has 0 radical (unpaired) electrons. The van der Waals surface area contributed by atoms with Crippen molar-refractivity contribution < 1.29 is 24.5 Å². The summed E-state index contributed by atoms with van der Waals surface area (Å²) in [5, 5.41) is 18.5. The summed E-state index contributed by atoms with van der Waals surface area (Å²) in [5.41, 5.74) is 2.48. The molecule has 7 heteroatoms. The van der Waals surface area contributed by atoms with Crippen LogP contribution in [0, 0.1) is 0 Å². The minimum atomic E-state index is -0.655. The Kier molecular flexibility index (Phi) is 15.6. The Bertz CT molecular complexity index is 922. The fourth-order valence-electron chi connectivity index (χ4n) is 6.37. The van der Waals surface area contributed by atoms with Crippen LogP contribution in [0.25, 0.3) is 0 Å². The SMILES string of the molecule is Br.CCCCCCCCCCCCCCCC(=O)O.COc1ccc2c3c1O[C@H]1C[C@@H](O)C=C[C@@]31CCN(C)C2. The highest BCUT2D eigenvalue weighted by atomic mass is 79.9. The maximum absolute atomic E-state index is 10.3. The number of ether oxygens (including phenoxy) is 2. The summed E-state index contributed by atoms with van der Waals surface area (Å²) in [6.45, 7) is 4.22. The van der Waals surface area contributed by atoms with Gasteiger partial charge in [-0.15, -0.1) is 17.0 Å². The Morgan fingerprint density at radius 1 is 1.02 bits per heavy atom. The molecule has 0 amide bonds. The molecule has 1 aromatic carbocycles. The molecular weight excluding hydrogens is 570 g/mol. The average molecular weight is 625 g/mol. The standard InChI is InChI=1S/C17H21NO3.C16H32O2.BrH/c1-18-8-7-17-6-5-12(19)9-14(17)21-16-13(20-2)4-3-11(10-18)15(16)17;1-2-3-4-5-6-7-8-9-10-11-12-13-14-15-16(17)18;/h3-6,12,14,19H,7-10H2,1-2H3;2-15H2,1H3,(H,17,18);1H/t12-,14-,17-;;/m0../s1. The second-order valence-corrected chi connectivity index (χ2v) is 11.8. The molecule has 1 aliphatic carbocycles. The Balaban J connectivity index is 0.000000278. The smallest absolute Gasteiger partial charge is 0.303 e. The van der Waals surface area contributed by atoms with Gasteiger partial charge in [-0.2, -0.15) is 0 Å². The molecule has 0 unspecified atom stereocenters. The molecule has 2 aliphatic heterocycles. The number of hydrogen-bond donors (Lipinski definition) is 2. The number of methoxy groups -OCH3 is 1. The number of carboxylic acids is 1. The van der Waals surface area contributed by atoms with Crippen LogP contribution in [0.3, 0.4) is 0 Å². The van der Waals surface area contributed by atoms with Gasteiger partial charge in [-0.25, -0.2) is 0 Å². The third-order valence-electron chi connectivity index (χ3n) is 8.64. The van der Waals surface area contributed by atoms with Gasteiger partial charge >= 0.3 is 5.97 Å². The number of rotatable bonds is 15. The molecule has 3 aliphatic rings. The molecule has 0 saturated carbocycles. The summed E-state index contributed by atoms with van der Waals surface area (Å²) in [5.74, 6) is 1.03. The Labute approximate surface area is 253 Å². The summed E-state index contributed by atoms with van der Waals surface area (Å²) in [7, 11) is 3.84. The van der Waals surface area contributed by atoms with Crippen molar-refractivity contribution in [1.82, 2.24) is 4.90 Å². The van der Waals surface area contributed by atoms with Gasteiger partial charge in [-0.1, -0.05) is 102 Å². The summed E-state index contributed by atoms with van der Waals surface area (Å²) >= 11 is 0. The van der Waals surface area contributed by atoms with Crippen LogP contribution in [-0.2, 0) is 16.8 Å². The lowest BCUT2D eigenvalue weighted by Gasteiger charge is -2.35. The van der Waals surface area contributed by atoms with Gasteiger partial charge in [0.15, 0.2) is 11.5 Å². The van der Waals surface area contributed by atoms with E-state index in [1.807, 2.05) is 12.1 Å². The molecule has 1 spiro atoms. The molecule has 0 fully saturated rings. The van der Waals surface area contributed by atoms with E-state index in [0.717, 1.165) is 43.9 Å². The summed E-state index contributed by atoms with van der Waals surface area (Å²) in [6, 6.07) is 4.16. The third-order valence-corrected chi connectivity index (χ3v) is 8.64. The summed E-state index contributed by atoms with van der Waals surface area (Å²) in [4.78, 5) is 12.7. The fourth-order valence-corrected chi connectivity index (χ4v) is 6.37. The number of halogens is 1. The van der Waals surface area contributed by atoms with Crippen LogP contribution in [0.15, 0.2) is 24.3 Å². The normalized spacial score (nSPS) is 22.6. The number of unbranched alkanes of at least 4 members (excludes halogenated alkanes) is 12. The van der Waals surface area contributed by atoms with Crippen molar-refractivity contribution in [2.75, 3.05) is 20.7 Å². The highest BCUT2D eigenvalue weighted by Crippen LogP contribution is 2.55. The lowest BCUT2D eigenvalue weighted by atomic mass is 9.69. The zero-order valence-electron chi connectivity index (χ0n) is 25.2. The number of hydrogen-bond acceptors (Lipinski definition) is 5. The molecule has 2 heterocycles. The van der Waals surface area contributed by atoms with E-state index >= 15 is 0 Å². The predicted molar refractivity (Wildman–Crippen MR) is 168 cm³/mol. The van der Waals surface area contributed by atoms with Crippen molar-refractivity contribution in [2.45, 2.75) is 134 Å². The van der Waals surface area contributed by atoms with Crippen LogP contribution in [0.1, 0.15) is 121 Å². The second-order valence-electron chi connectivity index (χ2n) is 11.8. The van der Waals surface area contributed by atoms with Crippen LogP contribution in [0.2, 0.25) is 0 Å². The topological polar surface area (TPSA) is 79.2 Å². The molecule has 0 aromatic heterocycles. The molecule has 3 atom stereocenters. The Hall–Kier alpha value is -1.57. The predicted octanol–water partition coefficient (Wildman–Crippen LogP) is 7.98. The van der Waals surface area contributed by atoms with E-state index in [0.29, 0.717) is 12.8 Å². The molecule has 40 heavy (non-hydrogen) atoms. The molecule has 0 bridgehead atoms. The molecular formula is C33H54BrNO5. The van der Waals surface area contributed by atoms with Gasteiger partial charge < -0.3 is 24.6 Å². The molecule has 0 saturated heterocycles. The van der Waals surface area contributed by atoms with Crippen molar-refractivity contribution in [3.05, 3.63) is 35.4 Å². The second kappa shape index (κ2) is 18.1. The van der Waals surface area contributed by atoms with Gasteiger partial charge in [0.25, 0.3) is 0 Å². The molecule has 2 N–H and O–H groups in total. The quantitative estimate of drug-likeness (QED) is 0.152. The van der Waals surface area contributed by atoms with E-state index in [1.54, 1.807) is 7.11 Å². The number of aliphatic carboxylic acids is 1. The largest absolute Gasteiger partial charge is 0.493 e. The van der Waals surface area contributed by atoms with Gasteiger partial charge in [0, 0.05) is 24.9 Å². The van der Waals surface area contributed by atoms with Gasteiger partial charge in [0.05, 0.1) is 18.6 Å². The molecule has 228 valence electrons. The van der Waals surface area contributed by atoms with Crippen LogP contribution in [0.4, 0.5) is 0 Å². The van der Waals surface area contributed by atoms with Crippen LogP contribution in [-0.4, -0.2) is 54.0 Å². The van der Waals surface area contributed by atoms with E-state index in [1.165, 1.54) is 81.8 Å². The van der Waals surface area contributed by atoms with E-state index in [2.05, 4.69) is 31.0 Å². The summed E-state index contributed by atoms with van der Waals surface area (Å²) < 4.78 is 11.8. The van der Waals surface area contributed by atoms with E-state index in [-0.39, 0.29) is 28.5 Å². The highest BCUT2D eigenvalue weighted by Gasteiger charge is 2.52. The first-order valence-corrected chi connectivity index (χ1v) is 15.6. The Morgan fingerprint density at radius 3 is 2.20 bits per heavy atom. The van der Waals surface area contributed by atoms with Crippen molar-refractivity contribution in [3.63, 3.8) is 0 Å². The number of nitrogens with zero attached hydrogens (tertiary/aromatic N) is 1. The number of carboxylic acid groups (broad SMARTS) is 1. The van der Waals surface area contributed by atoms with Crippen LogP contribution < -0.4 is 9.47 Å². The van der Waals surface area contributed by atoms with Crippen LogP contribution in [0.5, 0.6) is 11.5 Å². The van der Waals surface area contributed by atoms with Gasteiger partial charge in [0.2, 0.25) is 0 Å². The van der Waals surface area contributed by atoms with Crippen molar-refractivity contribution >= 4 is 23.0 Å². The third kappa shape index (κ3) is 9.77. The maximum atomic E-state index is 10.3. The number of benzene rings is 1. The fraction of sp³-hybridized carbons (Fsp3) is 0.727. The first kappa shape index (κ1) is 34.6. The lowest BCUT2D eigenvalue weighted by molar-refractivity contribution is -0.137. The van der Waals surface area contributed by atoms with Crippen LogP contribution >= 0.6 is 17.0 Å². The van der Waals surface area contributed by atoms with Gasteiger partial charge in [0.1, 0.15) is 6.10 Å². The monoisotopic (exact) mass is 623 g/mol. The van der Waals surface area contributed by atoms with E-state index < -0.39 is 12.1 Å². The Morgan fingerprint density at radius 2 is 1.62 bits per heavy atom. The minimum Gasteiger partial charge on any atom is -0.493 e. The average Bonchev–Trinajstić information content (AvgIpc) is 3.17. The molecule has 6 nitrogen and oxygen atoms in total. The van der Waals surface area contributed by atoms with Crippen molar-refractivity contribution in [1.29, 1.82) is 0 Å². The zero-order valence-corrected chi connectivity index (χ0v) is 26.9. The minimum absolute atomic E-state index is 0. The zero-order chi connectivity index (χ0) is 28.1. The molecule has 1 aromatic rings. The van der Waals surface area contributed by atoms with Gasteiger partial charge in [-0.05, 0) is 38.1 Å².